The average molecular weight is 341 g/mol. The number of likely N-dealkylation sites (tertiary alicyclic amines) is 1. The lowest BCUT2D eigenvalue weighted by molar-refractivity contribution is 0.0205. The normalized spacial score (nSPS) is 21.6. The third-order valence-electron chi connectivity index (χ3n) is 4.86. The fraction of sp³-hybridized carbons (Fsp3) is 0.947. The van der Waals surface area contributed by atoms with Crippen LogP contribution in [0.15, 0.2) is 4.99 Å². The Labute approximate surface area is 149 Å². The number of hydrogen-bond acceptors (Lipinski definition) is 3. The van der Waals surface area contributed by atoms with Crippen LogP contribution in [0.3, 0.4) is 0 Å². The van der Waals surface area contributed by atoms with Crippen molar-refractivity contribution >= 4 is 5.96 Å². The first kappa shape index (κ1) is 21.2. The van der Waals surface area contributed by atoms with Crippen LogP contribution >= 0.6 is 0 Å². The predicted octanol–water partition coefficient (Wildman–Crippen LogP) is 2.72. The Bertz CT molecular complexity index is 365. The predicted molar refractivity (Wildman–Crippen MR) is 104 cm³/mol. The highest BCUT2D eigenvalue weighted by Crippen LogP contribution is 2.20. The Hall–Kier alpha value is -0.810. The minimum absolute atomic E-state index is 0.117. The summed E-state index contributed by atoms with van der Waals surface area (Å²) in [6.07, 6.45) is 5.36. The van der Waals surface area contributed by atoms with E-state index in [1.807, 2.05) is 7.05 Å². The van der Waals surface area contributed by atoms with Crippen molar-refractivity contribution < 1.29 is 4.74 Å². The molecule has 0 aromatic heterocycles. The lowest BCUT2D eigenvalue weighted by Gasteiger charge is -2.31. The molecule has 1 fully saturated rings. The average Bonchev–Trinajstić information content (AvgIpc) is 2.52. The van der Waals surface area contributed by atoms with Crippen LogP contribution in [0.25, 0.3) is 0 Å². The topological polar surface area (TPSA) is 48.9 Å². The van der Waals surface area contributed by atoms with Gasteiger partial charge in [-0.1, -0.05) is 27.7 Å². The van der Waals surface area contributed by atoms with Gasteiger partial charge in [0.15, 0.2) is 5.96 Å². The van der Waals surface area contributed by atoms with Gasteiger partial charge in [0.2, 0.25) is 0 Å². The Morgan fingerprint density at radius 3 is 2.62 bits per heavy atom. The van der Waals surface area contributed by atoms with Crippen LogP contribution in [0.1, 0.15) is 53.4 Å². The summed E-state index contributed by atoms with van der Waals surface area (Å²) < 4.78 is 5.58. The van der Waals surface area contributed by atoms with Crippen LogP contribution in [-0.4, -0.2) is 63.8 Å². The molecular weight excluding hydrogens is 300 g/mol. The Kier molecular flexibility index (Phi) is 9.67. The molecule has 0 saturated carbocycles. The number of aliphatic imine (C=N–C) groups is 1. The Morgan fingerprint density at radius 1 is 1.29 bits per heavy atom. The lowest BCUT2D eigenvalue weighted by Crippen LogP contribution is -2.45. The van der Waals surface area contributed by atoms with Gasteiger partial charge in [0.25, 0.3) is 0 Å². The molecule has 1 heterocycles. The maximum atomic E-state index is 5.58. The summed E-state index contributed by atoms with van der Waals surface area (Å²) in [4.78, 5) is 6.92. The molecule has 24 heavy (non-hydrogen) atoms. The van der Waals surface area contributed by atoms with Crippen molar-refractivity contribution in [2.45, 2.75) is 59.5 Å². The fourth-order valence-electron chi connectivity index (χ4n) is 3.31. The van der Waals surface area contributed by atoms with Gasteiger partial charge in [0, 0.05) is 33.8 Å². The van der Waals surface area contributed by atoms with Gasteiger partial charge in [-0.25, -0.2) is 0 Å². The second-order valence-electron chi connectivity index (χ2n) is 8.23. The molecule has 0 amide bonds. The van der Waals surface area contributed by atoms with Crippen LogP contribution in [0.4, 0.5) is 0 Å². The number of hydrogen-bond donors (Lipinski definition) is 2. The summed E-state index contributed by atoms with van der Waals surface area (Å²) in [6, 6.07) is 0. The van der Waals surface area contributed by atoms with Gasteiger partial charge in [-0.05, 0) is 50.1 Å². The lowest BCUT2D eigenvalue weighted by atomic mass is 9.89. The zero-order valence-corrected chi connectivity index (χ0v) is 16.8. The van der Waals surface area contributed by atoms with E-state index in [0.29, 0.717) is 0 Å². The minimum atomic E-state index is 0.117. The second kappa shape index (κ2) is 10.9. The number of ether oxygens (including phenoxy) is 1. The molecule has 2 unspecified atom stereocenters. The molecule has 142 valence electrons. The third kappa shape index (κ3) is 8.34. The summed E-state index contributed by atoms with van der Waals surface area (Å²) in [5.74, 6) is 1.74. The van der Waals surface area contributed by atoms with Crippen molar-refractivity contribution in [1.82, 2.24) is 15.5 Å². The van der Waals surface area contributed by atoms with E-state index in [2.05, 4.69) is 48.2 Å². The van der Waals surface area contributed by atoms with Crippen molar-refractivity contribution in [3.8, 4) is 0 Å². The van der Waals surface area contributed by atoms with E-state index < -0.39 is 0 Å². The molecule has 0 spiro atoms. The molecule has 0 aromatic carbocycles. The van der Waals surface area contributed by atoms with E-state index in [-0.39, 0.29) is 11.5 Å². The van der Waals surface area contributed by atoms with Gasteiger partial charge in [0.05, 0.1) is 6.10 Å². The van der Waals surface area contributed by atoms with Crippen molar-refractivity contribution in [3.63, 3.8) is 0 Å². The van der Waals surface area contributed by atoms with Crippen molar-refractivity contribution in [1.29, 1.82) is 0 Å². The van der Waals surface area contributed by atoms with Crippen LogP contribution in [0, 0.1) is 11.3 Å². The first-order valence-electron chi connectivity index (χ1n) is 9.56. The summed E-state index contributed by atoms with van der Waals surface area (Å²) in [6.45, 7) is 14.5. The monoisotopic (exact) mass is 340 g/mol. The molecule has 2 atom stereocenters. The minimum Gasteiger partial charge on any atom is -0.379 e. The van der Waals surface area contributed by atoms with E-state index in [1.54, 1.807) is 7.11 Å². The molecule has 2 N–H and O–H groups in total. The highest BCUT2D eigenvalue weighted by atomic mass is 16.5. The van der Waals surface area contributed by atoms with Gasteiger partial charge < -0.3 is 20.3 Å². The third-order valence-corrected chi connectivity index (χ3v) is 4.86. The number of guanidine groups is 1. The number of unbranched alkanes of at least 4 members (excludes halogenated alkanes) is 1. The van der Waals surface area contributed by atoms with E-state index in [4.69, 9.17) is 4.74 Å². The molecular formula is C19H40N4O. The zero-order valence-electron chi connectivity index (χ0n) is 16.8. The molecule has 1 aliphatic rings. The molecule has 1 aliphatic heterocycles. The fourth-order valence-corrected chi connectivity index (χ4v) is 3.31. The Morgan fingerprint density at radius 2 is 2.04 bits per heavy atom. The second-order valence-corrected chi connectivity index (χ2v) is 8.23. The molecule has 1 saturated heterocycles. The quantitative estimate of drug-likeness (QED) is 0.405. The highest BCUT2D eigenvalue weighted by molar-refractivity contribution is 5.79. The van der Waals surface area contributed by atoms with Gasteiger partial charge in [-0.2, -0.15) is 0 Å². The highest BCUT2D eigenvalue weighted by Gasteiger charge is 2.24. The largest absolute Gasteiger partial charge is 0.379 e. The molecule has 0 bridgehead atoms. The van der Waals surface area contributed by atoms with Gasteiger partial charge in [-0.15, -0.1) is 0 Å². The zero-order chi connectivity index (χ0) is 18.0. The number of nitrogens with zero attached hydrogens (tertiary/aromatic N) is 2. The number of methoxy groups -OCH3 is 1. The molecule has 0 aromatic rings. The maximum absolute atomic E-state index is 5.58. The van der Waals surface area contributed by atoms with Gasteiger partial charge >= 0.3 is 0 Å². The molecule has 1 rings (SSSR count). The SMILES string of the molecule is CN=C(NCCCCN1CCCC(C)C1)NCC(OC)C(C)(C)C. The van der Waals surface area contributed by atoms with Gasteiger partial charge in [0.1, 0.15) is 0 Å². The maximum Gasteiger partial charge on any atom is 0.191 e. The van der Waals surface area contributed by atoms with E-state index in [9.17, 15) is 0 Å². The van der Waals surface area contributed by atoms with Crippen LogP contribution in [0.2, 0.25) is 0 Å². The number of nitrogens with one attached hydrogen (secondary N) is 2. The first-order valence-corrected chi connectivity index (χ1v) is 9.56. The summed E-state index contributed by atoms with van der Waals surface area (Å²) in [5.41, 5.74) is 0.117. The van der Waals surface area contributed by atoms with Crippen molar-refractivity contribution in [2.75, 3.05) is 46.9 Å². The molecule has 5 nitrogen and oxygen atoms in total. The van der Waals surface area contributed by atoms with Crippen LogP contribution in [-0.2, 0) is 4.74 Å². The number of piperidine rings is 1. The molecule has 0 radical (unpaired) electrons. The van der Waals surface area contributed by atoms with E-state index >= 15 is 0 Å². The van der Waals surface area contributed by atoms with E-state index in [0.717, 1.165) is 25.0 Å². The molecule has 5 heteroatoms. The molecule has 0 aliphatic carbocycles. The summed E-state index contributed by atoms with van der Waals surface area (Å²) >= 11 is 0. The van der Waals surface area contributed by atoms with Crippen LogP contribution in [0.5, 0.6) is 0 Å². The van der Waals surface area contributed by atoms with E-state index in [1.165, 1.54) is 45.3 Å². The Balaban J connectivity index is 2.15. The summed E-state index contributed by atoms with van der Waals surface area (Å²) in [5, 5.41) is 6.79. The first-order chi connectivity index (χ1) is 11.4. The van der Waals surface area contributed by atoms with Crippen molar-refractivity contribution in [2.24, 2.45) is 16.3 Å². The van der Waals surface area contributed by atoms with Crippen LogP contribution < -0.4 is 10.6 Å². The van der Waals surface area contributed by atoms with Gasteiger partial charge in [-0.3, -0.25) is 4.99 Å². The van der Waals surface area contributed by atoms with Crippen molar-refractivity contribution in [3.05, 3.63) is 0 Å². The standard InChI is InChI=1S/C19H40N4O/c1-16-10-9-13-23(15-16)12-8-7-11-21-18(20-5)22-14-17(24-6)19(2,3)4/h16-17H,7-15H2,1-6H3,(H2,20,21,22). The number of rotatable bonds is 8. The summed E-state index contributed by atoms with van der Waals surface area (Å²) in [7, 11) is 3.60. The smallest absolute Gasteiger partial charge is 0.191 e.